The fourth-order valence-electron chi connectivity index (χ4n) is 4.03. The van der Waals surface area contributed by atoms with Crippen LogP contribution in [0.25, 0.3) is 22.2 Å². The van der Waals surface area contributed by atoms with Gasteiger partial charge in [-0.15, -0.1) is 0 Å². The Morgan fingerprint density at radius 2 is 2.09 bits per heavy atom. The molecule has 0 spiro atoms. The van der Waals surface area contributed by atoms with E-state index in [1.54, 1.807) is 18.0 Å². The molecule has 4 aromatic rings. The van der Waals surface area contributed by atoms with E-state index in [1.807, 2.05) is 24.3 Å². The summed E-state index contributed by atoms with van der Waals surface area (Å²) >= 11 is 0. The number of aromatic nitrogens is 5. The van der Waals surface area contributed by atoms with Crippen molar-refractivity contribution in [2.75, 3.05) is 18.4 Å². The molecule has 0 aliphatic carbocycles. The zero-order chi connectivity index (χ0) is 23.1. The van der Waals surface area contributed by atoms with Crippen LogP contribution in [0, 0.1) is 6.92 Å². The third kappa shape index (κ3) is 3.88. The van der Waals surface area contributed by atoms with Gasteiger partial charge in [-0.3, -0.25) is 9.48 Å². The summed E-state index contributed by atoms with van der Waals surface area (Å²) < 4.78 is 6.29. The molecule has 11 heteroatoms. The lowest BCUT2D eigenvalue weighted by molar-refractivity contribution is 0.0684. The third-order valence-corrected chi connectivity index (χ3v) is 5.69. The van der Waals surface area contributed by atoms with Crippen LogP contribution < -0.4 is 5.32 Å². The molecular weight excluding hydrogens is 426 g/mol. The number of nitrogens with zero attached hydrogens (tertiary/aromatic N) is 6. The van der Waals surface area contributed by atoms with Crippen molar-refractivity contribution in [2.45, 2.75) is 19.4 Å². The summed E-state index contributed by atoms with van der Waals surface area (Å²) in [5.41, 5.74) is 0.918. The zero-order valence-corrected chi connectivity index (χ0v) is 18.0. The van der Waals surface area contributed by atoms with Crippen LogP contribution in [0.1, 0.15) is 33.3 Å². The number of carboxylic acids is 1. The largest absolute Gasteiger partial charge is 0.477 e. The summed E-state index contributed by atoms with van der Waals surface area (Å²) in [4.78, 5) is 34.6. The number of anilines is 1. The molecule has 0 unspecified atom stereocenters. The molecule has 0 saturated carbocycles. The number of carbonyl (C=O) groups excluding carboxylic acids is 1. The maximum absolute atomic E-state index is 12.8. The Bertz CT molecular complexity index is 1380. The van der Waals surface area contributed by atoms with Crippen LogP contribution in [-0.2, 0) is 7.05 Å². The minimum Gasteiger partial charge on any atom is -0.477 e. The first kappa shape index (κ1) is 20.6. The average Bonchev–Trinajstić information content (AvgIpc) is 3.53. The first-order valence-electron chi connectivity index (χ1n) is 10.4. The number of fused-ring (bicyclic) bond motifs is 1. The number of aromatic carboxylic acids is 1. The van der Waals surface area contributed by atoms with Crippen molar-refractivity contribution in [3.05, 3.63) is 53.8 Å². The van der Waals surface area contributed by atoms with E-state index in [9.17, 15) is 14.7 Å². The van der Waals surface area contributed by atoms with Gasteiger partial charge in [-0.05, 0) is 23.9 Å². The monoisotopic (exact) mass is 447 g/mol. The Labute approximate surface area is 188 Å². The summed E-state index contributed by atoms with van der Waals surface area (Å²) in [6.45, 7) is 2.74. The van der Waals surface area contributed by atoms with E-state index in [2.05, 4.69) is 25.5 Å². The number of hydrogen-bond donors (Lipinski definition) is 2. The molecule has 1 aromatic carbocycles. The highest BCUT2D eigenvalue weighted by atomic mass is 16.5. The molecule has 5 rings (SSSR count). The van der Waals surface area contributed by atoms with E-state index in [1.165, 1.54) is 17.8 Å². The summed E-state index contributed by atoms with van der Waals surface area (Å²) in [5, 5.41) is 22.6. The molecule has 1 aliphatic rings. The molecule has 1 atom stereocenters. The Morgan fingerprint density at radius 3 is 2.82 bits per heavy atom. The number of likely N-dealkylation sites (tertiary alicyclic amines) is 1. The molecule has 1 saturated heterocycles. The average molecular weight is 447 g/mol. The topological polar surface area (TPSA) is 139 Å². The van der Waals surface area contributed by atoms with E-state index >= 15 is 0 Å². The predicted octanol–water partition coefficient (Wildman–Crippen LogP) is 2.35. The maximum Gasteiger partial charge on any atom is 0.354 e. The molecule has 1 fully saturated rings. The van der Waals surface area contributed by atoms with Crippen molar-refractivity contribution in [1.82, 2.24) is 29.8 Å². The number of aryl methyl sites for hydroxylation is 2. The maximum atomic E-state index is 12.8. The van der Waals surface area contributed by atoms with Crippen molar-refractivity contribution >= 4 is 28.5 Å². The number of amides is 1. The standard InChI is InChI=1S/C22H21N7O4/c1-12-24-19(27-33-12)14-4-3-13-5-7-23-20(16(13)9-14)25-15-6-8-29(11-15)21(30)17-10-18(22(31)32)28(2)26-17/h3-5,7,9-10,15H,6,8,11H2,1-2H3,(H,23,25)(H,31,32)/t15-/m0/s1. The number of carbonyl (C=O) groups is 2. The van der Waals surface area contributed by atoms with Crippen LogP contribution in [0.5, 0.6) is 0 Å². The fraction of sp³-hybridized carbons (Fsp3) is 0.273. The first-order chi connectivity index (χ1) is 15.9. The summed E-state index contributed by atoms with van der Waals surface area (Å²) in [6.07, 6.45) is 2.47. The highest BCUT2D eigenvalue weighted by Gasteiger charge is 2.29. The second-order valence-corrected chi connectivity index (χ2v) is 7.96. The number of carboxylic acid groups (broad SMARTS) is 1. The quantitative estimate of drug-likeness (QED) is 0.472. The van der Waals surface area contributed by atoms with E-state index in [4.69, 9.17) is 4.52 Å². The molecule has 0 bridgehead atoms. The van der Waals surface area contributed by atoms with Gasteiger partial charge in [0.25, 0.3) is 5.91 Å². The van der Waals surface area contributed by atoms with Gasteiger partial charge < -0.3 is 19.8 Å². The smallest absolute Gasteiger partial charge is 0.354 e. The zero-order valence-electron chi connectivity index (χ0n) is 18.0. The van der Waals surface area contributed by atoms with E-state index in [0.717, 1.165) is 22.8 Å². The van der Waals surface area contributed by atoms with Gasteiger partial charge in [0.2, 0.25) is 11.7 Å². The number of hydrogen-bond acceptors (Lipinski definition) is 8. The highest BCUT2D eigenvalue weighted by molar-refractivity contribution is 5.96. The van der Waals surface area contributed by atoms with E-state index in [-0.39, 0.29) is 23.3 Å². The van der Waals surface area contributed by atoms with Crippen molar-refractivity contribution in [2.24, 2.45) is 7.05 Å². The van der Waals surface area contributed by atoms with E-state index < -0.39 is 5.97 Å². The van der Waals surface area contributed by atoms with Crippen LogP contribution >= 0.6 is 0 Å². The van der Waals surface area contributed by atoms with Gasteiger partial charge in [-0.25, -0.2) is 9.78 Å². The van der Waals surface area contributed by atoms with Gasteiger partial charge in [0.15, 0.2) is 5.69 Å². The Balaban J connectivity index is 1.34. The Hall–Kier alpha value is -4.28. The third-order valence-electron chi connectivity index (χ3n) is 5.69. The number of rotatable bonds is 5. The second kappa shape index (κ2) is 8.01. The molecule has 33 heavy (non-hydrogen) atoms. The molecule has 1 aliphatic heterocycles. The van der Waals surface area contributed by atoms with Crippen molar-refractivity contribution in [3.63, 3.8) is 0 Å². The van der Waals surface area contributed by atoms with Gasteiger partial charge in [-0.2, -0.15) is 10.1 Å². The summed E-state index contributed by atoms with van der Waals surface area (Å²) in [6, 6.07) is 9.11. The minimum absolute atomic E-state index is 0.00853. The van der Waals surface area contributed by atoms with Gasteiger partial charge >= 0.3 is 5.97 Å². The normalized spacial score (nSPS) is 15.8. The molecule has 11 nitrogen and oxygen atoms in total. The Kier molecular flexibility index (Phi) is 5.00. The first-order valence-corrected chi connectivity index (χ1v) is 10.4. The number of benzene rings is 1. The lowest BCUT2D eigenvalue weighted by Gasteiger charge is -2.17. The van der Waals surface area contributed by atoms with Crippen molar-refractivity contribution < 1.29 is 19.2 Å². The molecule has 2 N–H and O–H groups in total. The van der Waals surface area contributed by atoms with E-state index in [0.29, 0.717) is 30.6 Å². The number of nitrogens with one attached hydrogen (secondary N) is 1. The van der Waals surface area contributed by atoms with Crippen LogP contribution in [0.15, 0.2) is 41.1 Å². The fourth-order valence-corrected chi connectivity index (χ4v) is 4.03. The van der Waals surface area contributed by atoms with Crippen molar-refractivity contribution in [3.8, 4) is 11.4 Å². The van der Waals surface area contributed by atoms with Crippen LogP contribution in [-0.4, -0.2) is 65.9 Å². The molecule has 0 radical (unpaired) electrons. The lowest BCUT2D eigenvalue weighted by Crippen LogP contribution is -2.32. The Morgan fingerprint density at radius 1 is 1.24 bits per heavy atom. The molecule has 168 valence electrons. The number of pyridine rings is 1. The molecular formula is C22H21N7O4. The van der Waals surface area contributed by atoms with Gasteiger partial charge in [0, 0.05) is 56.3 Å². The minimum atomic E-state index is -1.12. The van der Waals surface area contributed by atoms with Crippen LogP contribution in [0.2, 0.25) is 0 Å². The van der Waals surface area contributed by atoms with Crippen LogP contribution in [0.4, 0.5) is 5.82 Å². The lowest BCUT2D eigenvalue weighted by atomic mass is 10.1. The van der Waals surface area contributed by atoms with Crippen molar-refractivity contribution in [1.29, 1.82) is 0 Å². The predicted molar refractivity (Wildman–Crippen MR) is 118 cm³/mol. The van der Waals surface area contributed by atoms with Crippen LogP contribution in [0.3, 0.4) is 0 Å². The second-order valence-electron chi connectivity index (χ2n) is 7.96. The SMILES string of the molecule is Cc1nc(-c2ccc3ccnc(N[C@H]4CCN(C(=O)c5cc(C(=O)O)n(C)n5)C4)c3c2)no1. The highest BCUT2D eigenvalue weighted by Crippen LogP contribution is 2.28. The van der Waals surface area contributed by atoms with Gasteiger partial charge in [0.1, 0.15) is 11.5 Å². The van der Waals surface area contributed by atoms with Gasteiger partial charge in [0.05, 0.1) is 0 Å². The molecule has 1 amide bonds. The molecule has 3 aromatic heterocycles. The summed E-state index contributed by atoms with van der Waals surface area (Å²) in [7, 11) is 1.50. The molecule has 4 heterocycles. The van der Waals surface area contributed by atoms with Gasteiger partial charge in [-0.1, -0.05) is 17.3 Å². The summed E-state index contributed by atoms with van der Waals surface area (Å²) in [5.74, 6) is 0.303.